The first-order valence-electron chi connectivity index (χ1n) is 4.51. The maximum atomic E-state index is 12.0. The molecule has 0 bridgehead atoms. The largest absolute Gasteiger partial charge is 0.573 e. The molecule has 1 rings (SSSR count). The monoisotopic (exact) mass is 231 g/mol. The molecule has 87 valence electrons. The highest BCUT2D eigenvalue weighted by Crippen LogP contribution is 2.28. The van der Waals surface area contributed by atoms with Gasteiger partial charge in [-0.25, -0.2) is 0 Å². The number of hydrogen-bond donors (Lipinski definition) is 0. The lowest BCUT2D eigenvalue weighted by atomic mass is 10.2. The Labute approximate surface area is 91.3 Å². The standard InChI is InChI=1S/C11H10F3O2/c1-3-8-5-9(15-4-2)7-10(6-8)16-11(12,13)14/h5-7H,1,4H2,2H3. The molecule has 0 aliphatic carbocycles. The van der Waals surface area contributed by atoms with Crippen molar-refractivity contribution in [2.75, 3.05) is 6.61 Å². The maximum Gasteiger partial charge on any atom is 0.573 e. The second-order valence-corrected chi connectivity index (χ2v) is 2.85. The summed E-state index contributed by atoms with van der Waals surface area (Å²) in [6.45, 7) is 5.44. The fourth-order valence-electron chi connectivity index (χ4n) is 1.12. The molecule has 0 saturated heterocycles. The molecule has 1 aromatic rings. The van der Waals surface area contributed by atoms with Gasteiger partial charge in [0.2, 0.25) is 0 Å². The van der Waals surface area contributed by atoms with Crippen LogP contribution in [0, 0.1) is 6.08 Å². The van der Waals surface area contributed by atoms with Gasteiger partial charge in [-0.1, -0.05) is 6.58 Å². The Morgan fingerprint density at radius 2 is 1.88 bits per heavy atom. The molecule has 16 heavy (non-hydrogen) atoms. The summed E-state index contributed by atoms with van der Waals surface area (Å²) < 4.78 is 44.9. The number of halogens is 3. The summed E-state index contributed by atoms with van der Waals surface area (Å²) in [5.74, 6) is -0.0556. The summed E-state index contributed by atoms with van der Waals surface area (Å²) in [4.78, 5) is 0. The minimum Gasteiger partial charge on any atom is -0.494 e. The molecule has 5 heteroatoms. The van der Waals surface area contributed by atoms with E-state index in [0.717, 1.165) is 6.07 Å². The van der Waals surface area contributed by atoms with Crippen LogP contribution < -0.4 is 9.47 Å². The van der Waals surface area contributed by atoms with Crippen molar-refractivity contribution in [2.24, 2.45) is 0 Å². The van der Waals surface area contributed by atoms with E-state index in [1.165, 1.54) is 12.1 Å². The Hall–Kier alpha value is -1.65. The van der Waals surface area contributed by atoms with E-state index in [4.69, 9.17) is 4.74 Å². The minimum absolute atomic E-state index is 0.287. The van der Waals surface area contributed by atoms with Crippen LogP contribution in [0.2, 0.25) is 0 Å². The summed E-state index contributed by atoms with van der Waals surface area (Å²) >= 11 is 0. The molecular formula is C11H10F3O2. The fourth-order valence-corrected chi connectivity index (χ4v) is 1.12. The van der Waals surface area contributed by atoms with Crippen LogP contribution >= 0.6 is 0 Å². The van der Waals surface area contributed by atoms with Gasteiger partial charge in [0.05, 0.1) is 6.61 Å². The molecule has 0 fully saturated rings. The van der Waals surface area contributed by atoms with E-state index in [9.17, 15) is 13.2 Å². The predicted molar refractivity (Wildman–Crippen MR) is 52.3 cm³/mol. The molecule has 0 aliphatic rings. The number of benzene rings is 1. The van der Waals surface area contributed by atoms with Gasteiger partial charge in [-0.2, -0.15) is 0 Å². The summed E-state index contributed by atoms with van der Waals surface area (Å²) in [5, 5.41) is 0. The van der Waals surface area contributed by atoms with E-state index in [1.54, 1.807) is 6.92 Å². The van der Waals surface area contributed by atoms with Gasteiger partial charge in [0.15, 0.2) is 0 Å². The quantitative estimate of drug-likeness (QED) is 0.791. The van der Waals surface area contributed by atoms with E-state index < -0.39 is 6.36 Å². The van der Waals surface area contributed by atoms with Crippen molar-refractivity contribution >= 4 is 0 Å². The first-order chi connectivity index (χ1) is 7.44. The molecule has 0 heterocycles. The highest BCUT2D eigenvalue weighted by atomic mass is 19.4. The predicted octanol–water partition coefficient (Wildman–Crippen LogP) is 3.32. The van der Waals surface area contributed by atoms with E-state index in [0.29, 0.717) is 12.2 Å². The van der Waals surface area contributed by atoms with Crippen LogP contribution in [-0.2, 0) is 0 Å². The van der Waals surface area contributed by atoms with E-state index in [-0.39, 0.29) is 11.5 Å². The molecule has 0 saturated carbocycles. The molecule has 1 radical (unpaired) electrons. The van der Waals surface area contributed by atoms with E-state index in [2.05, 4.69) is 17.4 Å². The minimum atomic E-state index is -4.72. The number of hydrogen-bond acceptors (Lipinski definition) is 2. The van der Waals surface area contributed by atoms with Crippen molar-refractivity contribution in [3.63, 3.8) is 0 Å². The van der Waals surface area contributed by atoms with Gasteiger partial charge in [0.25, 0.3) is 0 Å². The molecule has 1 aromatic carbocycles. The summed E-state index contributed by atoms with van der Waals surface area (Å²) in [5.41, 5.74) is 0.380. The van der Waals surface area contributed by atoms with Crippen molar-refractivity contribution in [1.29, 1.82) is 0 Å². The van der Waals surface area contributed by atoms with Crippen molar-refractivity contribution in [2.45, 2.75) is 13.3 Å². The van der Waals surface area contributed by atoms with Crippen LogP contribution in [0.25, 0.3) is 0 Å². The summed E-state index contributed by atoms with van der Waals surface area (Å²) in [7, 11) is 0. The lowest BCUT2D eigenvalue weighted by Crippen LogP contribution is -2.17. The first kappa shape index (κ1) is 12.4. The lowest BCUT2D eigenvalue weighted by molar-refractivity contribution is -0.274. The summed E-state index contributed by atoms with van der Waals surface area (Å²) in [6, 6.07) is 3.88. The molecular weight excluding hydrogens is 221 g/mol. The zero-order valence-electron chi connectivity index (χ0n) is 8.60. The van der Waals surface area contributed by atoms with Gasteiger partial charge >= 0.3 is 6.36 Å². The van der Waals surface area contributed by atoms with E-state index >= 15 is 0 Å². The highest BCUT2D eigenvalue weighted by molar-refractivity contribution is 5.40. The molecule has 0 aliphatic heterocycles. The smallest absolute Gasteiger partial charge is 0.494 e. The van der Waals surface area contributed by atoms with Crippen LogP contribution in [0.5, 0.6) is 11.5 Å². The molecule has 0 aromatic heterocycles. The normalized spacial score (nSPS) is 11.0. The van der Waals surface area contributed by atoms with Crippen molar-refractivity contribution < 1.29 is 22.6 Å². The summed E-state index contributed by atoms with van der Waals surface area (Å²) in [6.07, 6.45) is -2.24. The second-order valence-electron chi connectivity index (χ2n) is 2.85. The van der Waals surface area contributed by atoms with Crippen molar-refractivity contribution in [3.8, 4) is 11.5 Å². The van der Waals surface area contributed by atoms with Crippen molar-refractivity contribution in [1.82, 2.24) is 0 Å². The Morgan fingerprint density at radius 3 is 2.38 bits per heavy atom. The van der Waals surface area contributed by atoms with Crippen molar-refractivity contribution in [3.05, 3.63) is 36.4 Å². The molecule has 0 amide bonds. The topological polar surface area (TPSA) is 18.5 Å². The average Bonchev–Trinajstić information content (AvgIpc) is 2.15. The fraction of sp³-hybridized carbons (Fsp3) is 0.273. The highest BCUT2D eigenvalue weighted by Gasteiger charge is 2.31. The number of ether oxygens (including phenoxy) is 2. The SMILES string of the molecule is C=[C]c1cc(OCC)cc(OC(F)(F)F)c1. The van der Waals surface area contributed by atoms with Crippen LogP contribution in [0.15, 0.2) is 24.8 Å². The van der Waals surface area contributed by atoms with Gasteiger partial charge in [0, 0.05) is 6.07 Å². The third kappa shape index (κ3) is 3.84. The second kappa shape index (κ2) is 4.92. The Morgan fingerprint density at radius 1 is 1.25 bits per heavy atom. The third-order valence-electron chi connectivity index (χ3n) is 1.63. The van der Waals surface area contributed by atoms with Gasteiger partial charge in [-0.3, -0.25) is 0 Å². The van der Waals surface area contributed by atoms with Crippen LogP contribution in [0.3, 0.4) is 0 Å². The number of rotatable bonds is 4. The average molecular weight is 231 g/mol. The molecule has 2 nitrogen and oxygen atoms in total. The molecule has 0 atom stereocenters. The zero-order chi connectivity index (χ0) is 12.2. The zero-order valence-corrected chi connectivity index (χ0v) is 8.60. The van der Waals surface area contributed by atoms with Crippen LogP contribution in [0.4, 0.5) is 13.2 Å². The molecule has 0 N–H and O–H groups in total. The Kier molecular flexibility index (Phi) is 3.82. The first-order valence-corrected chi connectivity index (χ1v) is 4.51. The molecule has 0 unspecified atom stereocenters. The van der Waals surface area contributed by atoms with Gasteiger partial charge in [-0.15, -0.1) is 13.2 Å². The van der Waals surface area contributed by atoms with E-state index in [1.807, 2.05) is 0 Å². The van der Waals surface area contributed by atoms with Crippen LogP contribution in [0.1, 0.15) is 12.5 Å². The maximum absolute atomic E-state index is 12.0. The van der Waals surface area contributed by atoms with Gasteiger partial charge in [-0.05, 0) is 30.7 Å². The van der Waals surface area contributed by atoms with Crippen LogP contribution in [-0.4, -0.2) is 13.0 Å². The third-order valence-corrected chi connectivity index (χ3v) is 1.63. The Balaban J connectivity index is 2.99. The molecule has 0 spiro atoms. The van der Waals surface area contributed by atoms with Gasteiger partial charge in [0.1, 0.15) is 11.5 Å². The lowest BCUT2D eigenvalue weighted by Gasteiger charge is -2.11. The van der Waals surface area contributed by atoms with Gasteiger partial charge < -0.3 is 9.47 Å². The Bertz CT molecular complexity index is 372. The number of alkyl halides is 3.